The molecule has 78 valence electrons. The molecule has 0 atom stereocenters. The van der Waals surface area contributed by atoms with Crippen LogP contribution >= 0.6 is 0 Å². The molecule has 0 aliphatic carbocycles. The lowest BCUT2D eigenvalue weighted by atomic mass is 10.4. The second kappa shape index (κ2) is 6.64. The molecule has 6 nitrogen and oxygen atoms in total. The molecule has 14 heavy (non-hydrogen) atoms. The Morgan fingerprint density at radius 1 is 1.43 bits per heavy atom. The van der Waals surface area contributed by atoms with Gasteiger partial charge in [-0.15, -0.1) is 0 Å². The summed E-state index contributed by atoms with van der Waals surface area (Å²) in [6.45, 7) is 0. The quantitative estimate of drug-likeness (QED) is 0.362. The zero-order valence-corrected chi connectivity index (χ0v) is 7.65. The van der Waals surface area contributed by atoms with Crippen LogP contribution in [0.3, 0.4) is 0 Å². The standard InChI is InChI=1S/C4H5NO2.C4H6O3/c6-3-1-2-4(7)5-3;1-7-3-2-4(5)6/h1-2H2,(H,5,6,7);2-3H,1H3,(H,5,6). The first-order valence-corrected chi connectivity index (χ1v) is 3.81. The highest BCUT2D eigenvalue weighted by Gasteiger charge is 2.15. The summed E-state index contributed by atoms with van der Waals surface area (Å²) < 4.78 is 4.29. The van der Waals surface area contributed by atoms with Gasteiger partial charge in [0.15, 0.2) is 0 Å². The predicted octanol–water partition coefficient (Wildman–Crippen LogP) is -0.346. The number of hydrogen-bond donors (Lipinski definition) is 2. The fraction of sp³-hybridized carbons (Fsp3) is 0.375. The van der Waals surface area contributed by atoms with Gasteiger partial charge < -0.3 is 9.84 Å². The molecule has 1 heterocycles. The van der Waals surface area contributed by atoms with E-state index in [1.54, 1.807) is 0 Å². The number of carbonyl (C=O) groups is 3. The van der Waals surface area contributed by atoms with Crippen LogP contribution in [-0.4, -0.2) is 30.0 Å². The van der Waals surface area contributed by atoms with E-state index in [1.807, 2.05) is 0 Å². The summed E-state index contributed by atoms with van der Waals surface area (Å²) in [4.78, 5) is 29.8. The van der Waals surface area contributed by atoms with Crippen molar-refractivity contribution in [2.75, 3.05) is 7.11 Å². The van der Waals surface area contributed by atoms with E-state index in [9.17, 15) is 14.4 Å². The van der Waals surface area contributed by atoms with Gasteiger partial charge in [-0.05, 0) is 0 Å². The molecule has 0 spiro atoms. The highest BCUT2D eigenvalue weighted by atomic mass is 16.5. The zero-order chi connectivity index (χ0) is 11.0. The molecule has 0 radical (unpaired) electrons. The summed E-state index contributed by atoms with van der Waals surface area (Å²) in [6.07, 6.45) is 2.76. The van der Waals surface area contributed by atoms with E-state index in [1.165, 1.54) is 7.11 Å². The number of imide groups is 1. The number of amides is 2. The summed E-state index contributed by atoms with van der Waals surface area (Å²) in [5.74, 6) is -1.29. The van der Waals surface area contributed by atoms with E-state index in [0.717, 1.165) is 12.3 Å². The second-order valence-electron chi connectivity index (χ2n) is 2.35. The van der Waals surface area contributed by atoms with Crippen LogP contribution in [0.4, 0.5) is 0 Å². The third-order valence-electron chi connectivity index (χ3n) is 1.20. The number of ether oxygens (including phenoxy) is 1. The van der Waals surface area contributed by atoms with Crippen molar-refractivity contribution in [2.24, 2.45) is 0 Å². The van der Waals surface area contributed by atoms with Gasteiger partial charge in [0.1, 0.15) is 0 Å². The van der Waals surface area contributed by atoms with E-state index < -0.39 is 5.97 Å². The number of aliphatic carboxylic acids is 1. The lowest BCUT2D eigenvalue weighted by Gasteiger charge is -1.79. The number of rotatable bonds is 2. The minimum Gasteiger partial charge on any atom is -0.504 e. The van der Waals surface area contributed by atoms with Crippen LogP contribution in [-0.2, 0) is 19.1 Å². The van der Waals surface area contributed by atoms with E-state index in [4.69, 9.17) is 5.11 Å². The molecule has 0 unspecified atom stereocenters. The van der Waals surface area contributed by atoms with Gasteiger partial charge in [-0.25, -0.2) is 4.79 Å². The molecule has 1 aliphatic heterocycles. The Kier molecular flexibility index (Phi) is 5.77. The van der Waals surface area contributed by atoms with Crippen molar-refractivity contribution in [1.29, 1.82) is 0 Å². The molecule has 0 bridgehead atoms. The van der Waals surface area contributed by atoms with Crippen molar-refractivity contribution in [2.45, 2.75) is 12.8 Å². The minimum atomic E-state index is -0.998. The molecule has 1 rings (SSSR count). The molecule has 1 fully saturated rings. The summed E-state index contributed by atoms with van der Waals surface area (Å²) in [5.41, 5.74) is 0. The second-order valence-corrected chi connectivity index (χ2v) is 2.35. The predicted molar refractivity (Wildman–Crippen MR) is 46.2 cm³/mol. The average Bonchev–Trinajstić information content (AvgIpc) is 2.47. The Bertz CT molecular complexity index is 244. The molecular formula is C8H11NO5. The van der Waals surface area contributed by atoms with Gasteiger partial charge in [-0.3, -0.25) is 14.9 Å². The molecule has 1 saturated heterocycles. The third kappa shape index (κ3) is 6.84. The van der Waals surface area contributed by atoms with Gasteiger partial charge in [-0.1, -0.05) is 0 Å². The Balaban J connectivity index is 0.000000241. The van der Waals surface area contributed by atoms with Gasteiger partial charge in [-0.2, -0.15) is 0 Å². The van der Waals surface area contributed by atoms with Crippen molar-refractivity contribution in [3.8, 4) is 0 Å². The fourth-order valence-electron chi connectivity index (χ4n) is 0.634. The largest absolute Gasteiger partial charge is 0.504 e. The zero-order valence-electron chi connectivity index (χ0n) is 7.65. The minimum absolute atomic E-state index is 0.148. The van der Waals surface area contributed by atoms with Crippen LogP contribution in [0.5, 0.6) is 0 Å². The van der Waals surface area contributed by atoms with Crippen molar-refractivity contribution < 1.29 is 24.2 Å². The topological polar surface area (TPSA) is 92.7 Å². The van der Waals surface area contributed by atoms with E-state index in [0.29, 0.717) is 12.8 Å². The summed E-state index contributed by atoms with van der Waals surface area (Å²) in [6, 6.07) is 0. The van der Waals surface area contributed by atoms with Gasteiger partial charge in [0.2, 0.25) is 11.8 Å². The van der Waals surface area contributed by atoms with Crippen molar-refractivity contribution in [3.05, 3.63) is 12.3 Å². The van der Waals surface area contributed by atoms with Crippen LogP contribution in [0.25, 0.3) is 0 Å². The first-order chi connectivity index (χ1) is 6.56. The van der Waals surface area contributed by atoms with Crippen LogP contribution in [0, 0.1) is 0 Å². The third-order valence-corrected chi connectivity index (χ3v) is 1.20. The molecule has 0 saturated carbocycles. The molecule has 0 aromatic heterocycles. The van der Waals surface area contributed by atoms with Crippen LogP contribution in [0.2, 0.25) is 0 Å². The van der Waals surface area contributed by atoms with Crippen LogP contribution in [0.1, 0.15) is 12.8 Å². The number of methoxy groups -OCH3 is 1. The SMILES string of the molecule is COC=CC(=O)O.O=C1CCC(=O)N1. The fourth-order valence-corrected chi connectivity index (χ4v) is 0.634. The number of carbonyl (C=O) groups excluding carboxylic acids is 2. The first kappa shape index (κ1) is 12.2. The van der Waals surface area contributed by atoms with Crippen molar-refractivity contribution in [1.82, 2.24) is 5.32 Å². The van der Waals surface area contributed by atoms with Gasteiger partial charge in [0.25, 0.3) is 0 Å². The number of nitrogens with one attached hydrogen (secondary N) is 1. The normalized spacial score (nSPS) is 14.6. The van der Waals surface area contributed by atoms with Gasteiger partial charge >= 0.3 is 5.97 Å². The maximum absolute atomic E-state index is 10.1. The van der Waals surface area contributed by atoms with Crippen LogP contribution in [0.15, 0.2) is 12.3 Å². The molecular weight excluding hydrogens is 190 g/mol. The average molecular weight is 201 g/mol. The number of carboxylic acids is 1. The number of carboxylic acid groups (broad SMARTS) is 1. The maximum Gasteiger partial charge on any atom is 0.331 e. The smallest absolute Gasteiger partial charge is 0.331 e. The molecule has 1 aliphatic rings. The van der Waals surface area contributed by atoms with E-state index >= 15 is 0 Å². The number of hydrogen-bond acceptors (Lipinski definition) is 4. The Morgan fingerprint density at radius 3 is 2.07 bits per heavy atom. The van der Waals surface area contributed by atoms with Gasteiger partial charge in [0, 0.05) is 12.8 Å². The lowest BCUT2D eigenvalue weighted by molar-refractivity contribution is -0.131. The Hall–Kier alpha value is -1.85. The highest BCUT2D eigenvalue weighted by Crippen LogP contribution is 1.95. The first-order valence-electron chi connectivity index (χ1n) is 3.81. The highest BCUT2D eigenvalue weighted by molar-refractivity contribution is 6.01. The monoisotopic (exact) mass is 201 g/mol. The lowest BCUT2D eigenvalue weighted by Crippen LogP contribution is -2.18. The molecule has 2 N–H and O–H groups in total. The van der Waals surface area contributed by atoms with Crippen molar-refractivity contribution in [3.63, 3.8) is 0 Å². The van der Waals surface area contributed by atoms with E-state index in [-0.39, 0.29) is 11.8 Å². The maximum atomic E-state index is 10.1. The van der Waals surface area contributed by atoms with Gasteiger partial charge in [0.05, 0.1) is 19.4 Å². The van der Waals surface area contributed by atoms with E-state index in [2.05, 4.69) is 10.1 Å². The molecule has 2 amide bonds. The van der Waals surface area contributed by atoms with Crippen LogP contribution < -0.4 is 5.32 Å². The Morgan fingerprint density at radius 2 is 1.93 bits per heavy atom. The molecule has 0 aromatic carbocycles. The Labute approximate surface area is 80.5 Å². The summed E-state index contributed by atoms with van der Waals surface area (Å²) in [5, 5.41) is 10.0. The van der Waals surface area contributed by atoms with Crippen molar-refractivity contribution >= 4 is 17.8 Å². The molecule has 6 heteroatoms. The summed E-state index contributed by atoms with van der Waals surface area (Å²) >= 11 is 0. The molecule has 0 aromatic rings. The summed E-state index contributed by atoms with van der Waals surface area (Å²) in [7, 11) is 1.39.